The maximum absolute atomic E-state index is 12.1. The summed E-state index contributed by atoms with van der Waals surface area (Å²) >= 11 is 1.06. The van der Waals surface area contributed by atoms with Gasteiger partial charge in [-0.15, -0.1) is 0 Å². The number of ether oxygens (including phenoxy) is 2. The van der Waals surface area contributed by atoms with Crippen molar-refractivity contribution in [2.24, 2.45) is 0 Å². The van der Waals surface area contributed by atoms with E-state index in [1.54, 1.807) is 24.3 Å². The fourth-order valence-electron chi connectivity index (χ4n) is 2.53. The first kappa shape index (κ1) is 19.5. The van der Waals surface area contributed by atoms with Crippen LogP contribution in [0.2, 0.25) is 0 Å². The van der Waals surface area contributed by atoms with Gasteiger partial charge in [0.2, 0.25) is 0 Å². The van der Waals surface area contributed by atoms with Crippen LogP contribution >= 0.6 is 11.8 Å². The predicted octanol–water partition coefficient (Wildman–Crippen LogP) is 3.16. The van der Waals surface area contributed by atoms with Crippen LogP contribution < -0.4 is 20.1 Å². The van der Waals surface area contributed by atoms with Gasteiger partial charge >= 0.3 is 0 Å². The topological polar surface area (TPSA) is 101 Å². The maximum Gasteiger partial charge on any atom is 0.264 e. The highest BCUT2D eigenvalue weighted by molar-refractivity contribution is 8.18. The minimum absolute atomic E-state index is 0.0998. The molecule has 0 aliphatic carbocycles. The molecule has 28 heavy (non-hydrogen) atoms. The molecule has 1 heterocycles. The number of amidine groups is 1. The van der Waals surface area contributed by atoms with Gasteiger partial charge in [-0.1, -0.05) is 24.3 Å². The lowest BCUT2D eigenvalue weighted by molar-refractivity contribution is -0.118. The molecule has 3 rings (SSSR count). The monoisotopic (exact) mass is 397 g/mol. The molecular formula is C20H19N3O4S. The minimum Gasteiger partial charge on any atom is -0.493 e. The van der Waals surface area contributed by atoms with Gasteiger partial charge < -0.3 is 20.1 Å². The molecule has 1 aliphatic heterocycles. The second kappa shape index (κ2) is 8.62. The molecule has 0 aromatic heterocycles. The SMILES string of the molecule is COc1cc(/C=C2/SC(=N)NC2=O)ccc1OCC(=O)Nc1ccccc1C. The Morgan fingerprint density at radius 2 is 2.04 bits per heavy atom. The van der Waals surface area contributed by atoms with Gasteiger partial charge in [0.05, 0.1) is 12.0 Å². The molecule has 1 aliphatic rings. The Morgan fingerprint density at radius 3 is 2.71 bits per heavy atom. The molecule has 1 fully saturated rings. The van der Waals surface area contributed by atoms with Gasteiger partial charge in [0, 0.05) is 5.69 Å². The number of benzene rings is 2. The average molecular weight is 397 g/mol. The summed E-state index contributed by atoms with van der Waals surface area (Å²) < 4.78 is 10.9. The van der Waals surface area contributed by atoms with Gasteiger partial charge in [-0.05, 0) is 54.1 Å². The summed E-state index contributed by atoms with van der Waals surface area (Å²) in [6.45, 7) is 1.75. The summed E-state index contributed by atoms with van der Waals surface area (Å²) in [4.78, 5) is 24.3. The molecule has 2 aromatic rings. The first-order valence-corrected chi connectivity index (χ1v) is 9.23. The summed E-state index contributed by atoms with van der Waals surface area (Å²) in [7, 11) is 1.50. The number of carbonyl (C=O) groups is 2. The highest BCUT2D eigenvalue weighted by atomic mass is 32.2. The fraction of sp³-hybridized carbons (Fsp3) is 0.150. The van der Waals surface area contributed by atoms with Crippen LogP contribution in [0, 0.1) is 12.3 Å². The van der Waals surface area contributed by atoms with E-state index in [1.165, 1.54) is 7.11 Å². The molecule has 144 valence electrons. The Bertz CT molecular complexity index is 972. The van der Waals surface area contributed by atoms with E-state index in [2.05, 4.69) is 10.6 Å². The third-order valence-corrected chi connectivity index (χ3v) is 4.76. The van der Waals surface area contributed by atoms with Gasteiger partial charge in [0.1, 0.15) is 0 Å². The van der Waals surface area contributed by atoms with Crippen LogP contribution in [0.5, 0.6) is 11.5 Å². The number of methoxy groups -OCH3 is 1. The highest BCUT2D eigenvalue weighted by Gasteiger charge is 2.22. The zero-order valence-corrected chi connectivity index (χ0v) is 16.2. The molecule has 0 bridgehead atoms. The number of amides is 2. The highest BCUT2D eigenvalue weighted by Crippen LogP contribution is 2.31. The van der Waals surface area contributed by atoms with E-state index >= 15 is 0 Å². The van der Waals surface area contributed by atoms with E-state index < -0.39 is 0 Å². The van der Waals surface area contributed by atoms with Gasteiger partial charge in [-0.25, -0.2) is 0 Å². The summed E-state index contributed by atoms with van der Waals surface area (Å²) in [5.41, 5.74) is 2.43. The first-order chi connectivity index (χ1) is 13.5. The van der Waals surface area contributed by atoms with Crippen molar-refractivity contribution in [3.63, 3.8) is 0 Å². The number of thioether (sulfide) groups is 1. The van der Waals surface area contributed by atoms with Crippen molar-refractivity contribution in [2.45, 2.75) is 6.92 Å². The van der Waals surface area contributed by atoms with Crippen LogP contribution in [0.25, 0.3) is 6.08 Å². The van der Waals surface area contributed by atoms with Crippen molar-refractivity contribution in [3.8, 4) is 11.5 Å². The third kappa shape index (κ3) is 4.72. The molecule has 2 aromatic carbocycles. The molecule has 8 heteroatoms. The first-order valence-electron chi connectivity index (χ1n) is 8.42. The number of anilines is 1. The average Bonchev–Trinajstić information content (AvgIpc) is 2.99. The number of hydrogen-bond acceptors (Lipinski definition) is 6. The summed E-state index contributed by atoms with van der Waals surface area (Å²) in [5, 5.41) is 12.8. The minimum atomic E-state index is -0.304. The number of hydrogen-bond donors (Lipinski definition) is 3. The van der Waals surface area contributed by atoms with Crippen LogP contribution in [0.15, 0.2) is 47.4 Å². The number of rotatable bonds is 6. The van der Waals surface area contributed by atoms with E-state index in [-0.39, 0.29) is 23.6 Å². The van der Waals surface area contributed by atoms with Crippen molar-refractivity contribution in [3.05, 3.63) is 58.5 Å². The Morgan fingerprint density at radius 1 is 1.25 bits per heavy atom. The van der Waals surface area contributed by atoms with Crippen molar-refractivity contribution in [1.82, 2.24) is 5.32 Å². The molecule has 0 atom stereocenters. The quantitative estimate of drug-likeness (QED) is 0.650. The lowest BCUT2D eigenvalue weighted by Gasteiger charge is -2.12. The van der Waals surface area contributed by atoms with E-state index in [0.717, 1.165) is 28.6 Å². The molecule has 0 saturated carbocycles. The third-order valence-electron chi connectivity index (χ3n) is 3.93. The number of aryl methyl sites for hydroxylation is 1. The predicted molar refractivity (Wildman–Crippen MR) is 110 cm³/mol. The van der Waals surface area contributed by atoms with Crippen LogP contribution in [0.3, 0.4) is 0 Å². The van der Waals surface area contributed by atoms with E-state index in [9.17, 15) is 9.59 Å². The zero-order valence-electron chi connectivity index (χ0n) is 15.4. The van der Waals surface area contributed by atoms with Crippen molar-refractivity contribution in [2.75, 3.05) is 19.0 Å². The Kier molecular flexibility index (Phi) is 6.00. The largest absolute Gasteiger partial charge is 0.493 e. The van der Waals surface area contributed by atoms with Gasteiger partial charge in [0.15, 0.2) is 23.3 Å². The van der Waals surface area contributed by atoms with Crippen LogP contribution in [-0.4, -0.2) is 30.7 Å². The standard InChI is InChI=1S/C20H19N3O4S/c1-12-5-3-4-6-14(12)22-18(24)11-27-15-8-7-13(9-16(15)26-2)10-17-19(25)23-20(21)28-17/h3-10H,11H2,1-2H3,(H,22,24)(H2,21,23,25)/b17-10+. The van der Waals surface area contributed by atoms with E-state index in [4.69, 9.17) is 14.9 Å². The second-order valence-electron chi connectivity index (χ2n) is 5.96. The number of nitrogens with one attached hydrogen (secondary N) is 3. The van der Waals surface area contributed by atoms with Crippen molar-refractivity contribution < 1.29 is 19.1 Å². The van der Waals surface area contributed by atoms with Gasteiger partial charge in [0.25, 0.3) is 11.8 Å². The van der Waals surface area contributed by atoms with Gasteiger partial charge in [-0.2, -0.15) is 0 Å². The summed E-state index contributed by atoms with van der Waals surface area (Å²) in [6, 6.07) is 12.6. The van der Waals surface area contributed by atoms with E-state index in [0.29, 0.717) is 16.4 Å². The van der Waals surface area contributed by atoms with Crippen LogP contribution in [0.4, 0.5) is 5.69 Å². The van der Waals surface area contributed by atoms with Crippen LogP contribution in [-0.2, 0) is 9.59 Å². The van der Waals surface area contributed by atoms with Gasteiger partial charge in [-0.3, -0.25) is 15.0 Å². The van der Waals surface area contributed by atoms with Crippen molar-refractivity contribution >= 4 is 40.5 Å². The molecule has 0 spiro atoms. The summed E-state index contributed by atoms with van der Waals surface area (Å²) in [6.07, 6.45) is 1.67. The Hall–Kier alpha value is -3.26. The number of para-hydroxylation sites is 1. The lowest BCUT2D eigenvalue weighted by atomic mass is 10.2. The molecule has 2 amide bonds. The number of carbonyl (C=O) groups excluding carboxylic acids is 2. The maximum atomic E-state index is 12.1. The summed E-state index contributed by atoms with van der Waals surface area (Å²) in [5.74, 6) is 0.277. The Labute approximate surface area is 166 Å². The zero-order chi connectivity index (χ0) is 20.1. The molecule has 7 nitrogen and oxygen atoms in total. The van der Waals surface area contributed by atoms with Crippen molar-refractivity contribution in [1.29, 1.82) is 5.41 Å². The lowest BCUT2D eigenvalue weighted by Crippen LogP contribution is -2.20. The Balaban J connectivity index is 1.67. The molecular weight excluding hydrogens is 378 g/mol. The van der Waals surface area contributed by atoms with E-state index in [1.807, 2.05) is 31.2 Å². The molecule has 0 radical (unpaired) electrons. The molecule has 3 N–H and O–H groups in total. The fourth-order valence-corrected chi connectivity index (χ4v) is 3.23. The second-order valence-corrected chi connectivity index (χ2v) is 7.01. The molecule has 0 unspecified atom stereocenters. The molecule has 1 saturated heterocycles. The normalized spacial score (nSPS) is 14.7. The smallest absolute Gasteiger partial charge is 0.264 e. The van der Waals surface area contributed by atoms with Crippen LogP contribution in [0.1, 0.15) is 11.1 Å².